The summed E-state index contributed by atoms with van der Waals surface area (Å²) in [6.07, 6.45) is -4.79. The van der Waals surface area contributed by atoms with Gasteiger partial charge in [0.2, 0.25) is 5.79 Å². The predicted molar refractivity (Wildman–Crippen MR) is 103 cm³/mol. The fourth-order valence-electron chi connectivity index (χ4n) is 4.04. The summed E-state index contributed by atoms with van der Waals surface area (Å²) >= 11 is 0. The Labute approximate surface area is 169 Å². The van der Waals surface area contributed by atoms with Gasteiger partial charge in [-0.15, -0.1) is 0 Å². The zero-order valence-electron chi connectivity index (χ0n) is 16.2. The molecule has 2 aromatic rings. The zero-order chi connectivity index (χ0) is 20.6. The van der Waals surface area contributed by atoms with Gasteiger partial charge in [0.25, 0.3) is 0 Å². The molecular weight excluding hydrogens is 376 g/mol. The molecule has 7 nitrogen and oxygen atoms in total. The Morgan fingerprint density at radius 1 is 1.03 bits per heavy atom. The molecule has 0 unspecified atom stereocenters. The number of aliphatic hydroxyl groups is 4. The van der Waals surface area contributed by atoms with Crippen LogP contribution < -0.4 is 4.74 Å². The summed E-state index contributed by atoms with van der Waals surface area (Å²) in [5, 5.41) is 40.5. The van der Waals surface area contributed by atoms with E-state index in [2.05, 4.69) is 0 Å². The molecule has 29 heavy (non-hydrogen) atoms. The summed E-state index contributed by atoms with van der Waals surface area (Å²) in [5.41, 5.74) is 3.52. The van der Waals surface area contributed by atoms with E-state index in [4.69, 9.17) is 14.2 Å². The Bertz CT molecular complexity index is 851. The summed E-state index contributed by atoms with van der Waals surface area (Å²) in [4.78, 5) is 0. The van der Waals surface area contributed by atoms with Crippen molar-refractivity contribution in [3.8, 4) is 5.75 Å². The molecule has 0 saturated carbocycles. The quantitative estimate of drug-likeness (QED) is 0.587. The summed E-state index contributed by atoms with van der Waals surface area (Å²) < 4.78 is 17.1. The maximum atomic E-state index is 10.7. The van der Waals surface area contributed by atoms with E-state index in [1.54, 1.807) is 0 Å². The van der Waals surface area contributed by atoms with Crippen LogP contribution in [0.25, 0.3) is 0 Å². The van der Waals surface area contributed by atoms with Gasteiger partial charge in [-0.3, -0.25) is 0 Å². The van der Waals surface area contributed by atoms with E-state index in [1.165, 1.54) is 0 Å². The van der Waals surface area contributed by atoms with Crippen molar-refractivity contribution in [2.45, 2.75) is 50.2 Å². The van der Waals surface area contributed by atoms with Gasteiger partial charge in [0.05, 0.1) is 19.8 Å². The first kappa shape index (κ1) is 20.3. The van der Waals surface area contributed by atoms with Crippen LogP contribution in [0.3, 0.4) is 0 Å². The maximum Gasteiger partial charge on any atom is 0.225 e. The van der Waals surface area contributed by atoms with Crippen molar-refractivity contribution in [2.75, 3.05) is 13.2 Å². The fraction of sp³-hybridized carbons (Fsp3) is 0.455. The van der Waals surface area contributed by atoms with E-state index in [1.807, 2.05) is 49.4 Å². The van der Waals surface area contributed by atoms with E-state index < -0.39 is 36.8 Å². The maximum absolute atomic E-state index is 10.7. The second kappa shape index (κ2) is 8.02. The molecule has 5 atom stereocenters. The number of rotatable bonds is 5. The number of hydrogen-bond acceptors (Lipinski definition) is 7. The molecule has 0 aromatic heterocycles. The summed E-state index contributed by atoms with van der Waals surface area (Å²) in [5.74, 6) is -0.796. The average Bonchev–Trinajstić information content (AvgIpc) is 3.09. The molecule has 2 aliphatic rings. The Morgan fingerprint density at radius 3 is 2.45 bits per heavy atom. The largest absolute Gasteiger partial charge is 0.494 e. The highest BCUT2D eigenvalue weighted by molar-refractivity contribution is 5.41. The lowest BCUT2D eigenvalue weighted by Crippen LogP contribution is -2.63. The van der Waals surface area contributed by atoms with E-state index in [0.717, 1.165) is 22.4 Å². The van der Waals surface area contributed by atoms with Gasteiger partial charge in [-0.25, -0.2) is 0 Å². The van der Waals surface area contributed by atoms with E-state index in [-0.39, 0.29) is 6.61 Å². The third kappa shape index (κ3) is 3.54. The summed E-state index contributed by atoms with van der Waals surface area (Å²) in [6, 6.07) is 13.6. The van der Waals surface area contributed by atoms with Crippen LogP contribution in [0.15, 0.2) is 42.5 Å². The van der Waals surface area contributed by atoms with Crippen molar-refractivity contribution in [1.82, 2.24) is 0 Å². The molecule has 0 radical (unpaired) electrons. The van der Waals surface area contributed by atoms with Crippen molar-refractivity contribution < 1.29 is 34.6 Å². The highest BCUT2D eigenvalue weighted by Crippen LogP contribution is 2.46. The van der Waals surface area contributed by atoms with Gasteiger partial charge >= 0.3 is 0 Å². The Hall–Kier alpha value is -2.00. The van der Waals surface area contributed by atoms with Crippen molar-refractivity contribution >= 4 is 0 Å². The first-order valence-electron chi connectivity index (χ1n) is 9.79. The molecule has 0 amide bonds. The molecule has 2 aromatic carbocycles. The lowest BCUT2D eigenvalue weighted by Gasteiger charge is -2.46. The van der Waals surface area contributed by atoms with Crippen LogP contribution in [0.1, 0.15) is 29.2 Å². The second-order valence-electron chi connectivity index (χ2n) is 7.47. The third-order valence-corrected chi connectivity index (χ3v) is 5.58. The van der Waals surface area contributed by atoms with Crippen molar-refractivity contribution in [3.63, 3.8) is 0 Å². The molecule has 2 heterocycles. The molecule has 4 rings (SSSR count). The monoisotopic (exact) mass is 402 g/mol. The molecule has 0 bridgehead atoms. The minimum Gasteiger partial charge on any atom is -0.494 e. The van der Waals surface area contributed by atoms with Crippen LogP contribution >= 0.6 is 0 Å². The summed E-state index contributed by atoms with van der Waals surface area (Å²) in [7, 11) is 0. The van der Waals surface area contributed by atoms with Crippen LogP contribution in [0.4, 0.5) is 0 Å². The number of benzene rings is 2. The van der Waals surface area contributed by atoms with Crippen molar-refractivity contribution in [1.29, 1.82) is 0 Å². The van der Waals surface area contributed by atoms with Crippen molar-refractivity contribution in [3.05, 3.63) is 64.7 Å². The van der Waals surface area contributed by atoms with Crippen LogP contribution in [0.5, 0.6) is 5.75 Å². The van der Waals surface area contributed by atoms with E-state index in [0.29, 0.717) is 18.6 Å². The highest BCUT2D eigenvalue weighted by Gasteiger charge is 2.58. The normalized spacial score (nSPS) is 31.1. The van der Waals surface area contributed by atoms with Gasteiger partial charge in [-0.05, 0) is 48.2 Å². The van der Waals surface area contributed by atoms with Gasteiger partial charge in [-0.1, -0.05) is 24.3 Å². The lowest BCUT2D eigenvalue weighted by molar-refractivity contribution is -0.368. The molecule has 7 heteroatoms. The molecule has 0 aliphatic carbocycles. The molecule has 1 spiro atoms. The Balaban J connectivity index is 1.62. The van der Waals surface area contributed by atoms with Crippen LogP contribution in [0.2, 0.25) is 0 Å². The average molecular weight is 402 g/mol. The SMILES string of the molecule is CCOc1ccc(Cc2ccc3c(c2)[C@@]2(OC3)O[C@H](CO)[C@@H](O)[C@H](O)[C@H]2O)cc1. The zero-order valence-corrected chi connectivity index (χ0v) is 16.2. The van der Waals surface area contributed by atoms with Gasteiger partial charge in [0.1, 0.15) is 30.2 Å². The lowest BCUT2D eigenvalue weighted by atomic mass is 9.86. The molecule has 4 N–H and O–H groups in total. The minimum absolute atomic E-state index is 0.205. The van der Waals surface area contributed by atoms with Gasteiger partial charge in [0, 0.05) is 5.56 Å². The summed E-state index contributed by atoms with van der Waals surface area (Å²) in [6.45, 7) is 2.26. The first-order chi connectivity index (χ1) is 14.0. The molecule has 1 saturated heterocycles. The molecule has 1 fully saturated rings. The smallest absolute Gasteiger partial charge is 0.225 e. The Morgan fingerprint density at radius 2 is 1.76 bits per heavy atom. The van der Waals surface area contributed by atoms with E-state index >= 15 is 0 Å². The third-order valence-electron chi connectivity index (χ3n) is 5.58. The van der Waals surface area contributed by atoms with Crippen LogP contribution in [-0.4, -0.2) is 58.1 Å². The Kier molecular flexibility index (Phi) is 5.61. The number of fused-ring (bicyclic) bond motifs is 2. The molecular formula is C22H26O7. The fourth-order valence-corrected chi connectivity index (χ4v) is 4.04. The number of aliphatic hydroxyl groups excluding tert-OH is 4. The number of ether oxygens (including phenoxy) is 3. The molecule has 2 aliphatic heterocycles. The standard InChI is InChI=1S/C22H26O7/c1-2-27-16-7-4-13(5-8-16)9-14-3-6-15-12-28-22(17(15)10-14)21(26)20(25)19(24)18(11-23)29-22/h3-8,10,18-21,23-26H,2,9,11-12H2,1H3/t18-,19-,20+,21-,22-/m1/s1. The molecule has 156 valence electrons. The second-order valence-corrected chi connectivity index (χ2v) is 7.47. The van der Waals surface area contributed by atoms with Gasteiger partial charge in [-0.2, -0.15) is 0 Å². The minimum atomic E-state index is -1.61. The van der Waals surface area contributed by atoms with Crippen LogP contribution in [0, 0.1) is 0 Å². The van der Waals surface area contributed by atoms with Gasteiger partial charge < -0.3 is 34.6 Å². The van der Waals surface area contributed by atoms with Crippen LogP contribution in [-0.2, 0) is 28.3 Å². The highest BCUT2D eigenvalue weighted by atomic mass is 16.7. The van der Waals surface area contributed by atoms with E-state index in [9.17, 15) is 20.4 Å². The first-order valence-corrected chi connectivity index (χ1v) is 9.79. The van der Waals surface area contributed by atoms with Crippen molar-refractivity contribution in [2.24, 2.45) is 0 Å². The predicted octanol–water partition coefficient (Wildman–Crippen LogP) is 0.833. The van der Waals surface area contributed by atoms with Gasteiger partial charge in [0.15, 0.2) is 0 Å². The number of hydrogen-bond donors (Lipinski definition) is 4. The topological polar surface area (TPSA) is 109 Å².